The van der Waals surface area contributed by atoms with E-state index in [0.29, 0.717) is 0 Å². The molecule has 12 aromatic rings. The third-order valence-electron chi connectivity index (χ3n) is 12.6. The molecule has 0 aliphatic rings. The van der Waals surface area contributed by atoms with Gasteiger partial charge in [-0.1, -0.05) is 188 Å². The van der Waals surface area contributed by atoms with Crippen LogP contribution in [0.1, 0.15) is 0 Å². The fourth-order valence-corrected chi connectivity index (χ4v) is 9.65. The predicted octanol–water partition coefficient (Wildman–Crippen LogP) is 16.7. The van der Waals surface area contributed by atoms with Gasteiger partial charge in [-0.2, -0.15) is 0 Å². The number of nitrogens with zero attached hydrogens (tertiary/aromatic N) is 2. The molecule has 11 aromatic carbocycles. The van der Waals surface area contributed by atoms with Crippen LogP contribution in [0, 0.1) is 0 Å². The Kier molecular flexibility index (Phi) is 8.53. The lowest BCUT2D eigenvalue weighted by molar-refractivity contribution is 1.18. The molecule has 0 atom stereocenters. The molecular formula is C60H40N2. The summed E-state index contributed by atoms with van der Waals surface area (Å²) in [4.78, 5) is 2.40. The van der Waals surface area contributed by atoms with Crippen LogP contribution in [0.4, 0.5) is 17.1 Å². The van der Waals surface area contributed by atoms with Crippen molar-refractivity contribution in [3.8, 4) is 39.1 Å². The minimum atomic E-state index is 1.09. The Balaban J connectivity index is 0.973. The predicted molar refractivity (Wildman–Crippen MR) is 264 cm³/mol. The normalized spacial score (nSPS) is 11.5. The Hall–Kier alpha value is -8.20. The Bertz CT molecular complexity index is 3560. The molecule has 1 aromatic heterocycles. The molecule has 0 radical (unpaired) electrons. The van der Waals surface area contributed by atoms with Crippen molar-refractivity contribution in [1.82, 2.24) is 4.57 Å². The van der Waals surface area contributed by atoms with Gasteiger partial charge in [0.05, 0.1) is 22.4 Å². The molecule has 0 bridgehead atoms. The van der Waals surface area contributed by atoms with E-state index in [9.17, 15) is 0 Å². The standard InChI is InChI=1S/C60H40N2/c1-2-14-42(15-3-1)50-17-6-10-22-56(50)61(48-36-32-41(33-37-48)47-31-28-45-27-30-46-29-26-43-16-4-5-19-52(43)60(46)55(45)40-47)49-38-34-44(35-39-49)51-18-7-11-23-57(51)62-58-24-12-8-20-53(58)54-21-9-13-25-59(54)62/h1-40H. The van der Waals surface area contributed by atoms with E-state index in [1.54, 1.807) is 0 Å². The molecule has 1 heterocycles. The van der Waals surface area contributed by atoms with Crippen molar-refractivity contribution in [1.29, 1.82) is 0 Å². The maximum absolute atomic E-state index is 2.41. The number of aromatic nitrogens is 1. The zero-order valence-electron chi connectivity index (χ0n) is 34.0. The van der Waals surface area contributed by atoms with E-state index in [1.165, 1.54) is 81.9 Å². The lowest BCUT2D eigenvalue weighted by Gasteiger charge is -2.28. The molecule has 2 heteroatoms. The minimum absolute atomic E-state index is 1.09. The fraction of sp³-hybridized carbons (Fsp3) is 0. The van der Waals surface area contributed by atoms with Crippen LogP contribution in [0.2, 0.25) is 0 Å². The van der Waals surface area contributed by atoms with Crippen LogP contribution >= 0.6 is 0 Å². The van der Waals surface area contributed by atoms with E-state index in [0.717, 1.165) is 28.3 Å². The van der Waals surface area contributed by atoms with Gasteiger partial charge in [0.15, 0.2) is 0 Å². The summed E-state index contributed by atoms with van der Waals surface area (Å²) in [6.45, 7) is 0. The molecule has 0 saturated carbocycles. The molecule has 62 heavy (non-hydrogen) atoms. The zero-order valence-corrected chi connectivity index (χ0v) is 34.0. The SMILES string of the molecule is c1ccc(-c2ccccc2N(c2ccc(-c3ccc4ccc5ccc6ccccc6c5c4c3)cc2)c2ccc(-c3ccccc3-n3c4ccccc4c4ccccc43)cc2)cc1. The van der Waals surface area contributed by atoms with Crippen LogP contribution in [-0.2, 0) is 0 Å². The molecule has 2 nitrogen and oxygen atoms in total. The van der Waals surface area contributed by atoms with Crippen molar-refractivity contribution in [2.24, 2.45) is 0 Å². The summed E-state index contributed by atoms with van der Waals surface area (Å²) in [6.07, 6.45) is 0. The largest absolute Gasteiger partial charge is 0.310 e. The number of hydrogen-bond donors (Lipinski definition) is 0. The van der Waals surface area contributed by atoms with Gasteiger partial charge in [-0.25, -0.2) is 0 Å². The molecule has 0 fully saturated rings. The van der Waals surface area contributed by atoms with Crippen LogP contribution in [0.15, 0.2) is 243 Å². The Labute approximate surface area is 360 Å². The van der Waals surface area contributed by atoms with Gasteiger partial charge in [-0.3, -0.25) is 0 Å². The van der Waals surface area contributed by atoms with E-state index in [4.69, 9.17) is 0 Å². The van der Waals surface area contributed by atoms with Crippen LogP contribution in [0.5, 0.6) is 0 Å². The number of benzene rings is 11. The van der Waals surface area contributed by atoms with Crippen LogP contribution in [-0.4, -0.2) is 4.57 Å². The highest BCUT2D eigenvalue weighted by atomic mass is 15.1. The molecular weight excluding hydrogens is 749 g/mol. The summed E-state index contributed by atoms with van der Waals surface area (Å²) in [7, 11) is 0. The molecule has 12 rings (SSSR count). The molecule has 0 aliphatic heterocycles. The van der Waals surface area contributed by atoms with Gasteiger partial charge in [-0.05, 0) is 109 Å². The van der Waals surface area contributed by atoms with Crippen LogP contribution in [0.3, 0.4) is 0 Å². The maximum atomic E-state index is 2.41. The number of rotatable bonds is 7. The van der Waals surface area contributed by atoms with E-state index in [1.807, 2.05) is 0 Å². The highest BCUT2D eigenvalue weighted by Crippen LogP contribution is 2.43. The molecule has 0 N–H and O–H groups in total. The summed E-state index contributed by atoms with van der Waals surface area (Å²) >= 11 is 0. The number of fused-ring (bicyclic) bond motifs is 8. The van der Waals surface area contributed by atoms with E-state index in [-0.39, 0.29) is 0 Å². The quantitative estimate of drug-likeness (QED) is 0.146. The van der Waals surface area contributed by atoms with Gasteiger partial charge in [0.25, 0.3) is 0 Å². The Morgan fingerprint density at radius 3 is 1.48 bits per heavy atom. The van der Waals surface area contributed by atoms with Gasteiger partial charge < -0.3 is 9.47 Å². The lowest BCUT2D eigenvalue weighted by atomic mass is 9.94. The number of para-hydroxylation sites is 4. The topological polar surface area (TPSA) is 8.17 Å². The summed E-state index contributed by atoms with van der Waals surface area (Å²) in [5.41, 5.74) is 13.9. The molecule has 0 amide bonds. The summed E-state index contributed by atoms with van der Waals surface area (Å²) in [6, 6.07) is 88.4. The Morgan fingerprint density at radius 1 is 0.290 bits per heavy atom. The first kappa shape index (κ1) is 35.7. The number of anilines is 3. The van der Waals surface area contributed by atoms with Gasteiger partial charge >= 0.3 is 0 Å². The van der Waals surface area contributed by atoms with Crippen LogP contribution in [0.25, 0.3) is 93.2 Å². The van der Waals surface area contributed by atoms with Crippen molar-refractivity contribution in [2.45, 2.75) is 0 Å². The highest BCUT2D eigenvalue weighted by molar-refractivity contribution is 6.20. The van der Waals surface area contributed by atoms with Gasteiger partial charge in [-0.15, -0.1) is 0 Å². The smallest absolute Gasteiger partial charge is 0.0541 e. The molecule has 290 valence electrons. The molecule has 0 unspecified atom stereocenters. The van der Waals surface area contributed by atoms with Gasteiger partial charge in [0, 0.05) is 33.3 Å². The van der Waals surface area contributed by atoms with E-state index in [2.05, 4.69) is 252 Å². The average Bonchev–Trinajstić information content (AvgIpc) is 3.69. The van der Waals surface area contributed by atoms with Gasteiger partial charge in [0.2, 0.25) is 0 Å². The first-order valence-corrected chi connectivity index (χ1v) is 21.3. The number of hydrogen-bond acceptors (Lipinski definition) is 1. The monoisotopic (exact) mass is 788 g/mol. The Morgan fingerprint density at radius 2 is 0.774 bits per heavy atom. The summed E-state index contributed by atoms with van der Waals surface area (Å²) < 4.78 is 2.41. The minimum Gasteiger partial charge on any atom is -0.310 e. The van der Waals surface area contributed by atoms with E-state index >= 15 is 0 Å². The first-order valence-electron chi connectivity index (χ1n) is 21.3. The molecule has 0 saturated heterocycles. The average molecular weight is 789 g/mol. The second-order valence-electron chi connectivity index (χ2n) is 16.1. The van der Waals surface area contributed by atoms with Gasteiger partial charge in [0.1, 0.15) is 0 Å². The fourth-order valence-electron chi connectivity index (χ4n) is 9.65. The molecule has 0 spiro atoms. The summed E-state index contributed by atoms with van der Waals surface area (Å²) in [5, 5.41) is 10.2. The van der Waals surface area contributed by atoms with Crippen molar-refractivity contribution < 1.29 is 0 Å². The van der Waals surface area contributed by atoms with Crippen molar-refractivity contribution >= 4 is 71.2 Å². The van der Waals surface area contributed by atoms with Crippen LogP contribution < -0.4 is 4.90 Å². The van der Waals surface area contributed by atoms with Crippen molar-refractivity contribution in [2.75, 3.05) is 4.90 Å². The van der Waals surface area contributed by atoms with E-state index < -0.39 is 0 Å². The van der Waals surface area contributed by atoms with Crippen molar-refractivity contribution in [3.05, 3.63) is 243 Å². The second-order valence-corrected chi connectivity index (χ2v) is 16.1. The highest BCUT2D eigenvalue weighted by Gasteiger charge is 2.19. The zero-order chi connectivity index (χ0) is 41.0. The second kappa shape index (κ2) is 14.8. The lowest BCUT2D eigenvalue weighted by Crippen LogP contribution is -2.11. The third kappa shape index (κ3) is 5.96. The van der Waals surface area contributed by atoms with Crippen molar-refractivity contribution in [3.63, 3.8) is 0 Å². The molecule has 0 aliphatic carbocycles. The summed E-state index contributed by atoms with van der Waals surface area (Å²) in [5.74, 6) is 0. The third-order valence-corrected chi connectivity index (χ3v) is 12.6. The maximum Gasteiger partial charge on any atom is 0.0541 e. The first-order chi connectivity index (χ1) is 30.8.